The van der Waals surface area contributed by atoms with Gasteiger partial charge in [0, 0.05) is 6.54 Å². The van der Waals surface area contributed by atoms with E-state index < -0.39 is 22.1 Å². The molecule has 0 bridgehead atoms. The predicted octanol–water partition coefficient (Wildman–Crippen LogP) is 1.88. The van der Waals surface area contributed by atoms with Crippen LogP contribution in [-0.4, -0.2) is 32.9 Å². The Kier molecular flexibility index (Phi) is 6.77. The van der Waals surface area contributed by atoms with Gasteiger partial charge in [-0.25, -0.2) is 18.4 Å². The molecule has 0 aliphatic heterocycles. The minimum Gasteiger partial charge on any atom is -0.449 e. The third kappa shape index (κ3) is 5.54. The lowest BCUT2D eigenvalue weighted by Gasteiger charge is -2.22. The molecule has 8 heteroatoms. The Balaban J connectivity index is 1.94. The first-order valence-corrected chi connectivity index (χ1v) is 10.3. The van der Waals surface area contributed by atoms with Crippen LogP contribution in [0.15, 0.2) is 23.1 Å². The highest BCUT2D eigenvalue weighted by atomic mass is 32.2. The van der Waals surface area contributed by atoms with Crippen molar-refractivity contribution in [1.82, 2.24) is 5.32 Å². The summed E-state index contributed by atoms with van der Waals surface area (Å²) in [6, 6.07) is 4.09. The van der Waals surface area contributed by atoms with Gasteiger partial charge in [0.2, 0.25) is 10.0 Å². The van der Waals surface area contributed by atoms with Crippen LogP contribution < -0.4 is 10.5 Å². The summed E-state index contributed by atoms with van der Waals surface area (Å²) in [6.07, 6.45) is 4.86. The number of carbonyl (C=O) groups is 2. The summed E-state index contributed by atoms with van der Waals surface area (Å²) in [6.45, 7) is 3.65. The van der Waals surface area contributed by atoms with Crippen LogP contribution in [-0.2, 0) is 19.6 Å². The fourth-order valence-corrected chi connectivity index (χ4v) is 3.90. The fraction of sp³-hybridized carbons (Fsp3) is 0.556. The van der Waals surface area contributed by atoms with E-state index in [9.17, 15) is 18.0 Å². The number of benzene rings is 1. The van der Waals surface area contributed by atoms with Gasteiger partial charge >= 0.3 is 5.97 Å². The van der Waals surface area contributed by atoms with E-state index in [2.05, 4.69) is 5.32 Å². The predicted molar refractivity (Wildman–Crippen MR) is 97.0 cm³/mol. The van der Waals surface area contributed by atoms with E-state index in [0.717, 1.165) is 12.8 Å². The lowest BCUT2D eigenvalue weighted by molar-refractivity contribution is -0.129. The second kappa shape index (κ2) is 8.64. The molecule has 1 aliphatic carbocycles. The van der Waals surface area contributed by atoms with E-state index in [4.69, 9.17) is 9.88 Å². The van der Waals surface area contributed by atoms with Crippen LogP contribution in [0.1, 0.15) is 54.9 Å². The van der Waals surface area contributed by atoms with E-state index in [0.29, 0.717) is 18.0 Å². The number of carbonyl (C=O) groups excluding carboxylic acids is 2. The topological polar surface area (TPSA) is 116 Å². The summed E-state index contributed by atoms with van der Waals surface area (Å²) in [5.74, 6) is -0.650. The Morgan fingerprint density at radius 2 is 1.92 bits per heavy atom. The molecule has 0 aromatic heterocycles. The number of rotatable bonds is 6. The Morgan fingerprint density at radius 1 is 1.27 bits per heavy atom. The quantitative estimate of drug-likeness (QED) is 0.729. The Hall–Kier alpha value is -1.93. The molecule has 1 aromatic carbocycles. The maximum Gasteiger partial charge on any atom is 0.338 e. The molecule has 1 unspecified atom stereocenters. The molecule has 0 heterocycles. The maximum atomic E-state index is 12.2. The molecular weight excluding hydrogens is 356 g/mol. The van der Waals surface area contributed by atoms with Gasteiger partial charge in [0.05, 0.1) is 10.5 Å². The van der Waals surface area contributed by atoms with Gasteiger partial charge in [-0.05, 0) is 50.3 Å². The molecule has 0 radical (unpaired) electrons. The Labute approximate surface area is 154 Å². The number of sulfonamides is 1. The number of aryl methyl sites for hydroxylation is 1. The first kappa shape index (κ1) is 20.4. The normalized spacial score (nSPS) is 16.7. The molecule has 0 spiro atoms. The van der Waals surface area contributed by atoms with Gasteiger partial charge in [-0.15, -0.1) is 0 Å². The van der Waals surface area contributed by atoms with E-state index >= 15 is 0 Å². The standard InChI is InChI=1S/C18H26N2O5S/c1-12-8-9-15(10-16(12)26(19,23)24)18(22)25-13(2)17(21)20-11-14-6-4-3-5-7-14/h8-10,13-14H,3-7,11H2,1-2H3,(H,20,21)(H2,19,23,24). The number of nitrogens with one attached hydrogen (secondary N) is 1. The molecule has 1 fully saturated rings. The second-order valence-corrected chi connectivity index (χ2v) is 8.35. The summed E-state index contributed by atoms with van der Waals surface area (Å²) in [4.78, 5) is 24.2. The monoisotopic (exact) mass is 382 g/mol. The van der Waals surface area contributed by atoms with Crippen molar-refractivity contribution in [3.63, 3.8) is 0 Å². The first-order chi connectivity index (χ1) is 12.2. The molecule has 0 saturated heterocycles. The summed E-state index contributed by atoms with van der Waals surface area (Å²) >= 11 is 0. The molecule has 144 valence electrons. The number of primary sulfonamides is 1. The fourth-order valence-electron chi connectivity index (χ4n) is 3.10. The van der Waals surface area contributed by atoms with Crippen molar-refractivity contribution in [2.45, 2.75) is 57.0 Å². The average molecular weight is 382 g/mol. The van der Waals surface area contributed by atoms with E-state index in [1.807, 2.05) is 0 Å². The highest BCUT2D eigenvalue weighted by molar-refractivity contribution is 7.89. The smallest absolute Gasteiger partial charge is 0.338 e. The zero-order valence-electron chi connectivity index (χ0n) is 15.2. The Bertz CT molecular complexity index is 770. The van der Waals surface area contributed by atoms with Gasteiger partial charge in [-0.1, -0.05) is 25.3 Å². The molecular formula is C18H26N2O5S. The van der Waals surface area contributed by atoms with E-state index in [1.54, 1.807) is 6.92 Å². The zero-order valence-corrected chi connectivity index (χ0v) is 16.0. The van der Waals surface area contributed by atoms with Crippen LogP contribution in [0, 0.1) is 12.8 Å². The molecule has 26 heavy (non-hydrogen) atoms. The highest BCUT2D eigenvalue weighted by Crippen LogP contribution is 2.22. The van der Waals surface area contributed by atoms with E-state index in [1.165, 1.54) is 44.4 Å². The van der Waals surface area contributed by atoms with Crippen LogP contribution in [0.2, 0.25) is 0 Å². The van der Waals surface area contributed by atoms with Crippen molar-refractivity contribution in [2.75, 3.05) is 6.54 Å². The molecule has 1 aliphatic rings. The van der Waals surface area contributed by atoms with Crippen LogP contribution in [0.5, 0.6) is 0 Å². The van der Waals surface area contributed by atoms with Crippen molar-refractivity contribution in [3.8, 4) is 0 Å². The summed E-state index contributed by atoms with van der Waals surface area (Å²) < 4.78 is 28.3. The lowest BCUT2D eigenvalue weighted by atomic mass is 9.89. The van der Waals surface area contributed by atoms with Crippen LogP contribution >= 0.6 is 0 Å². The van der Waals surface area contributed by atoms with Gasteiger partial charge in [-0.3, -0.25) is 4.79 Å². The molecule has 7 nitrogen and oxygen atoms in total. The van der Waals surface area contributed by atoms with Crippen LogP contribution in [0.3, 0.4) is 0 Å². The van der Waals surface area contributed by atoms with Crippen molar-refractivity contribution in [1.29, 1.82) is 0 Å². The van der Waals surface area contributed by atoms with E-state index in [-0.39, 0.29) is 16.4 Å². The first-order valence-electron chi connectivity index (χ1n) is 8.80. The van der Waals surface area contributed by atoms with Gasteiger partial charge in [0.25, 0.3) is 5.91 Å². The molecule has 1 saturated carbocycles. The van der Waals surface area contributed by atoms with Crippen molar-refractivity contribution < 1.29 is 22.7 Å². The number of hydrogen-bond donors (Lipinski definition) is 2. The number of ether oxygens (including phenoxy) is 1. The summed E-state index contributed by atoms with van der Waals surface area (Å²) in [5, 5.41) is 7.96. The zero-order chi connectivity index (χ0) is 19.3. The van der Waals surface area contributed by atoms with Gasteiger partial charge < -0.3 is 10.1 Å². The third-order valence-corrected chi connectivity index (χ3v) is 5.73. The molecule has 2 rings (SSSR count). The van der Waals surface area contributed by atoms with Crippen molar-refractivity contribution >= 4 is 21.9 Å². The van der Waals surface area contributed by atoms with Crippen molar-refractivity contribution in [2.24, 2.45) is 11.1 Å². The van der Waals surface area contributed by atoms with Crippen LogP contribution in [0.25, 0.3) is 0 Å². The number of esters is 1. The lowest BCUT2D eigenvalue weighted by Crippen LogP contribution is -2.38. The number of hydrogen-bond acceptors (Lipinski definition) is 5. The number of nitrogens with two attached hydrogens (primary N) is 1. The third-order valence-electron chi connectivity index (χ3n) is 4.67. The maximum absolute atomic E-state index is 12.2. The molecule has 1 atom stereocenters. The Morgan fingerprint density at radius 3 is 2.54 bits per heavy atom. The summed E-state index contributed by atoms with van der Waals surface area (Å²) in [7, 11) is -3.94. The van der Waals surface area contributed by atoms with Crippen molar-refractivity contribution in [3.05, 3.63) is 29.3 Å². The largest absolute Gasteiger partial charge is 0.449 e. The molecule has 1 amide bonds. The van der Waals surface area contributed by atoms with Gasteiger partial charge in [-0.2, -0.15) is 0 Å². The average Bonchev–Trinajstić information content (AvgIpc) is 2.59. The van der Waals surface area contributed by atoms with Gasteiger partial charge in [0.1, 0.15) is 0 Å². The molecule has 3 N–H and O–H groups in total. The van der Waals surface area contributed by atoms with Crippen LogP contribution in [0.4, 0.5) is 0 Å². The number of amides is 1. The molecule has 1 aromatic rings. The summed E-state index contributed by atoms with van der Waals surface area (Å²) in [5.41, 5.74) is 0.467. The highest BCUT2D eigenvalue weighted by Gasteiger charge is 2.22. The minimum atomic E-state index is -3.94. The van der Waals surface area contributed by atoms with Gasteiger partial charge in [0.15, 0.2) is 6.10 Å². The SMILES string of the molecule is Cc1ccc(C(=O)OC(C)C(=O)NCC2CCCCC2)cc1S(N)(=O)=O. The minimum absolute atomic E-state index is 0.0338. The second-order valence-electron chi connectivity index (χ2n) is 6.82.